The van der Waals surface area contributed by atoms with Crippen LogP contribution in [-0.2, 0) is 4.74 Å². The quantitative estimate of drug-likeness (QED) is 0.827. The van der Waals surface area contributed by atoms with E-state index in [9.17, 15) is 8.78 Å². The fraction of sp³-hybridized carbons (Fsp3) is 0.571. The lowest BCUT2D eigenvalue weighted by Gasteiger charge is -2.25. The minimum atomic E-state index is -0.826. The smallest absolute Gasteiger partial charge is 0.173 e. The second-order valence-electron chi connectivity index (χ2n) is 4.82. The summed E-state index contributed by atoms with van der Waals surface area (Å²) < 4.78 is 32.5. The summed E-state index contributed by atoms with van der Waals surface area (Å²) in [4.78, 5) is 0. The minimum absolute atomic E-state index is 0.00748. The lowest BCUT2D eigenvalue weighted by atomic mass is 9.92. The van der Waals surface area contributed by atoms with E-state index in [-0.39, 0.29) is 10.5 Å². The Labute approximate surface area is 120 Å². The summed E-state index contributed by atoms with van der Waals surface area (Å²) in [7, 11) is 0. The van der Waals surface area contributed by atoms with Gasteiger partial charge in [-0.3, -0.25) is 0 Å². The van der Waals surface area contributed by atoms with Gasteiger partial charge in [0.2, 0.25) is 0 Å². The first kappa shape index (κ1) is 14.9. The Bertz CT molecular complexity index is 436. The topological polar surface area (TPSA) is 21.3 Å². The van der Waals surface area contributed by atoms with Crippen molar-refractivity contribution in [2.45, 2.75) is 25.8 Å². The molecule has 0 aliphatic carbocycles. The molecule has 106 valence electrons. The second kappa shape index (κ2) is 6.77. The summed E-state index contributed by atoms with van der Waals surface area (Å²) in [6.45, 7) is 4.31. The molecule has 2 nitrogen and oxygen atoms in total. The Morgan fingerprint density at radius 3 is 2.89 bits per heavy atom. The maximum Gasteiger partial charge on any atom is 0.173 e. The summed E-state index contributed by atoms with van der Waals surface area (Å²) in [6.07, 6.45) is 1.93. The van der Waals surface area contributed by atoms with E-state index in [4.69, 9.17) is 4.74 Å². The van der Waals surface area contributed by atoms with Crippen LogP contribution in [0.15, 0.2) is 16.6 Å². The van der Waals surface area contributed by atoms with E-state index in [0.29, 0.717) is 12.5 Å². The number of hydrogen-bond donors (Lipinski definition) is 1. The predicted octanol–water partition coefficient (Wildman–Crippen LogP) is 3.80. The van der Waals surface area contributed by atoms with Crippen molar-refractivity contribution in [1.29, 1.82) is 0 Å². The van der Waals surface area contributed by atoms with Gasteiger partial charge in [-0.05, 0) is 46.9 Å². The van der Waals surface area contributed by atoms with Gasteiger partial charge in [0.05, 0.1) is 11.1 Å². The van der Waals surface area contributed by atoms with Crippen LogP contribution in [0.2, 0.25) is 0 Å². The van der Waals surface area contributed by atoms with Crippen LogP contribution in [0.3, 0.4) is 0 Å². The third kappa shape index (κ3) is 3.33. The van der Waals surface area contributed by atoms with E-state index in [0.717, 1.165) is 31.6 Å². The molecule has 0 saturated carbocycles. The van der Waals surface area contributed by atoms with Crippen LogP contribution < -0.4 is 5.32 Å². The van der Waals surface area contributed by atoms with Gasteiger partial charge in [0, 0.05) is 18.6 Å². The highest BCUT2D eigenvalue weighted by molar-refractivity contribution is 9.10. The van der Waals surface area contributed by atoms with Crippen molar-refractivity contribution in [2.75, 3.05) is 19.8 Å². The van der Waals surface area contributed by atoms with Crippen LogP contribution >= 0.6 is 15.9 Å². The first-order chi connectivity index (χ1) is 9.15. The van der Waals surface area contributed by atoms with Gasteiger partial charge in [0.1, 0.15) is 0 Å². The largest absolute Gasteiger partial charge is 0.381 e. The molecular weight excluding hydrogens is 316 g/mol. The number of hydrogen-bond acceptors (Lipinski definition) is 2. The number of halogens is 3. The van der Waals surface area contributed by atoms with Gasteiger partial charge >= 0.3 is 0 Å². The maximum absolute atomic E-state index is 13.7. The molecule has 1 fully saturated rings. The van der Waals surface area contributed by atoms with Gasteiger partial charge < -0.3 is 10.1 Å². The molecule has 2 atom stereocenters. The molecule has 1 aromatic carbocycles. The Kier molecular flexibility index (Phi) is 5.30. The number of benzene rings is 1. The lowest BCUT2D eigenvalue weighted by molar-refractivity contribution is 0.176. The highest BCUT2D eigenvalue weighted by atomic mass is 79.9. The van der Waals surface area contributed by atoms with E-state index in [2.05, 4.69) is 28.2 Å². The third-order valence-corrected chi connectivity index (χ3v) is 4.26. The molecule has 19 heavy (non-hydrogen) atoms. The standard InChI is InChI=1S/C14H18BrF2NO/c1-2-6-18-14(9-5-7-19-8-9)10-3-4-11(16)13(17)12(10)15/h3-4,9,14,18H,2,5-8H2,1H3. The molecule has 2 unspecified atom stereocenters. The Balaban J connectivity index is 2.28. The monoisotopic (exact) mass is 333 g/mol. The molecule has 1 aliphatic heterocycles. The normalized spacial score (nSPS) is 20.7. The van der Waals surface area contributed by atoms with Gasteiger partial charge in [0.15, 0.2) is 11.6 Å². The van der Waals surface area contributed by atoms with Crippen LogP contribution in [-0.4, -0.2) is 19.8 Å². The molecule has 1 saturated heterocycles. The molecule has 1 N–H and O–H groups in total. The van der Waals surface area contributed by atoms with Crippen molar-refractivity contribution in [3.8, 4) is 0 Å². The van der Waals surface area contributed by atoms with E-state index in [1.807, 2.05) is 0 Å². The third-order valence-electron chi connectivity index (χ3n) is 3.45. The summed E-state index contributed by atoms with van der Waals surface area (Å²) in [5.74, 6) is -1.35. The van der Waals surface area contributed by atoms with E-state index in [1.54, 1.807) is 6.07 Å². The van der Waals surface area contributed by atoms with Crippen LogP contribution in [0.1, 0.15) is 31.4 Å². The van der Waals surface area contributed by atoms with Crippen molar-refractivity contribution in [3.63, 3.8) is 0 Å². The highest BCUT2D eigenvalue weighted by Crippen LogP contribution is 2.35. The van der Waals surface area contributed by atoms with Gasteiger partial charge in [-0.1, -0.05) is 13.0 Å². The summed E-state index contributed by atoms with van der Waals surface area (Å²) in [5, 5.41) is 3.42. The molecular formula is C14H18BrF2NO. The fourth-order valence-electron chi connectivity index (χ4n) is 2.43. The Morgan fingerprint density at radius 1 is 1.47 bits per heavy atom. The van der Waals surface area contributed by atoms with Crippen LogP contribution in [0.5, 0.6) is 0 Å². The zero-order valence-electron chi connectivity index (χ0n) is 10.9. The molecule has 2 rings (SSSR count). The summed E-state index contributed by atoms with van der Waals surface area (Å²) in [6, 6.07) is 2.83. The second-order valence-corrected chi connectivity index (χ2v) is 5.61. The zero-order valence-corrected chi connectivity index (χ0v) is 12.5. The molecule has 0 bridgehead atoms. The molecule has 0 amide bonds. The maximum atomic E-state index is 13.7. The number of nitrogens with one attached hydrogen (secondary N) is 1. The zero-order chi connectivity index (χ0) is 13.8. The number of ether oxygens (including phenoxy) is 1. The highest BCUT2D eigenvalue weighted by Gasteiger charge is 2.29. The van der Waals surface area contributed by atoms with E-state index < -0.39 is 11.6 Å². The number of rotatable bonds is 5. The summed E-state index contributed by atoms with van der Waals surface area (Å²) >= 11 is 3.17. The van der Waals surface area contributed by atoms with E-state index in [1.165, 1.54) is 6.07 Å². The molecule has 0 aromatic heterocycles. The molecule has 1 aliphatic rings. The molecule has 1 heterocycles. The Morgan fingerprint density at radius 2 is 2.26 bits per heavy atom. The van der Waals surface area contributed by atoms with E-state index >= 15 is 0 Å². The average Bonchev–Trinajstić information content (AvgIpc) is 2.92. The first-order valence-corrected chi connectivity index (χ1v) is 7.39. The van der Waals surface area contributed by atoms with Gasteiger partial charge in [0.25, 0.3) is 0 Å². The van der Waals surface area contributed by atoms with Crippen LogP contribution in [0, 0.1) is 17.6 Å². The van der Waals surface area contributed by atoms with Gasteiger partial charge in [-0.15, -0.1) is 0 Å². The van der Waals surface area contributed by atoms with Crippen molar-refractivity contribution in [3.05, 3.63) is 33.8 Å². The molecule has 0 radical (unpaired) electrons. The molecule has 5 heteroatoms. The van der Waals surface area contributed by atoms with Crippen molar-refractivity contribution >= 4 is 15.9 Å². The predicted molar refractivity (Wildman–Crippen MR) is 74.0 cm³/mol. The molecule has 0 spiro atoms. The van der Waals surface area contributed by atoms with Crippen molar-refractivity contribution < 1.29 is 13.5 Å². The van der Waals surface area contributed by atoms with Crippen LogP contribution in [0.25, 0.3) is 0 Å². The summed E-state index contributed by atoms with van der Waals surface area (Å²) in [5.41, 5.74) is 0.767. The average molecular weight is 334 g/mol. The lowest BCUT2D eigenvalue weighted by Crippen LogP contribution is -2.30. The minimum Gasteiger partial charge on any atom is -0.381 e. The van der Waals surface area contributed by atoms with Crippen LogP contribution in [0.4, 0.5) is 8.78 Å². The SMILES string of the molecule is CCCNC(c1ccc(F)c(F)c1Br)C1CCOC1. The fourth-order valence-corrected chi connectivity index (χ4v) is 3.00. The van der Waals surface area contributed by atoms with Crippen molar-refractivity contribution in [1.82, 2.24) is 5.32 Å². The van der Waals surface area contributed by atoms with Gasteiger partial charge in [-0.2, -0.15) is 0 Å². The van der Waals surface area contributed by atoms with Crippen molar-refractivity contribution in [2.24, 2.45) is 5.92 Å². The molecule has 1 aromatic rings. The Hall–Kier alpha value is -0.520. The first-order valence-electron chi connectivity index (χ1n) is 6.59. The van der Waals surface area contributed by atoms with Gasteiger partial charge in [-0.25, -0.2) is 8.78 Å².